The second kappa shape index (κ2) is 14.2. The van der Waals surface area contributed by atoms with Crippen LogP contribution in [0.1, 0.15) is 11.1 Å². The molecule has 0 atom stereocenters. The standard InChI is InChI=1S/C28H34N2O3.2ClH/c1-22-8-12-25(13-9-22)32-20-24(21-33-26-14-10-23(2)11-15-26)29-16-18-30(19-17-29)27-6-4-5-7-28(27)31-3;;/h4-15,24H,16-21H2,1-3H3;2*1H. The van der Waals surface area contributed by atoms with E-state index in [0.29, 0.717) is 13.2 Å². The molecule has 0 radical (unpaired) electrons. The van der Waals surface area contributed by atoms with Crippen LogP contribution in [0.3, 0.4) is 0 Å². The van der Waals surface area contributed by atoms with E-state index in [9.17, 15) is 0 Å². The first-order valence-electron chi connectivity index (χ1n) is 11.8. The average Bonchev–Trinajstić information content (AvgIpc) is 2.86. The van der Waals surface area contributed by atoms with Crippen LogP contribution in [0.25, 0.3) is 0 Å². The zero-order valence-corrected chi connectivity index (χ0v) is 22.2. The summed E-state index contributed by atoms with van der Waals surface area (Å²) in [6.45, 7) is 9.69. The van der Waals surface area contributed by atoms with Gasteiger partial charge in [0.15, 0.2) is 17.5 Å². The summed E-state index contributed by atoms with van der Waals surface area (Å²) in [6, 6.07) is 25.2. The topological polar surface area (TPSA) is 36.6 Å². The van der Waals surface area contributed by atoms with E-state index < -0.39 is 0 Å². The van der Waals surface area contributed by atoms with E-state index in [4.69, 9.17) is 14.2 Å². The minimum Gasteiger partial charge on any atom is -1.00 e. The molecule has 0 amide bonds. The molecule has 1 saturated heterocycles. The van der Waals surface area contributed by atoms with Crippen molar-refractivity contribution in [3.8, 4) is 17.2 Å². The first-order valence-corrected chi connectivity index (χ1v) is 11.8. The predicted molar refractivity (Wildman–Crippen MR) is 131 cm³/mol. The molecule has 0 aromatic heterocycles. The van der Waals surface area contributed by atoms with Gasteiger partial charge in [0.1, 0.15) is 50.9 Å². The summed E-state index contributed by atoms with van der Waals surface area (Å²) in [5.41, 5.74) is 3.73. The van der Waals surface area contributed by atoms with Crippen molar-refractivity contribution in [3.63, 3.8) is 0 Å². The van der Waals surface area contributed by atoms with Gasteiger partial charge in [-0.2, -0.15) is 0 Å². The number of quaternary nitrogens is 2. The van der Waals surface area contributed by atoms with E-state index in [2.05, 4.69) is 56.3 Å². The van der Waals surface area contributed by atoms with Crippen molar-refractivity contribution in [2.24, 2.45) is 0 Å². The Morgan fingerprint density at radius 1 is 0.686 bits per heavy atom. The van der Waals surface area contributed by atoms with Crippen LogP contribution >= 0.6 is 0 Å². The van der Waals surface area contributed by atoms with E-state index >= 15 is 0 Å². The summed E-state index contributed by atoms with van der Waals surface area (Å²) in [5, 5.41) is 0. The van der Waals surface area contributed by atoms with Gasteiger partial charge in [-0.05, 0) is 44.2 Å². The zero-order valence-electron chi connectivity index (χ0n) is 20.7. The van der Waals surface area contributed by atoms with Crippen LogP contribution < -0.4 is 48.8 Å². The molecule has 5 nitrogen and oxygen atoms in total. The van der Waals surface area contributed by atoms with Gasteiger partial charge in [-0.1, -0.05) is 47.5 Å². The largest absolute Gasteiger partial charge is 1.00 e. The highest BCUT2D eigenvalue weighted by atomic mass is 35.5. The number of rotatable bonds is 9. The Labute approximate surface area is 221 Å². The molecule has 190 valence electrons. The van der Waals surface area contributed by atoms with Gasteiger partial charge in [-0.15, -0.1) is 0 Å². The minimum absolute atomic E-state index is 0. The molecule has 1 fully saturated rings. The number of piperazine rings is 1. The Bertz CT molecular complexity index is 958. The van der Waals surface area contributed by atoms with Crippen LogP contribution in [0.15, 0.2) is 72.8 Å². The number of para-hydroxylation sites is 2. The van der Waals surface area contributed by atoms with Crippen LogP contribution in [0, 0.1) is 13.8 Å². The number of aryl methyl sites for hydroxylation is 2. The number of benzene rings is 3. The molecule has 1 aliphatic heterocycles. The summed E-state index contributed by atoms with van der Waals surface area (Å²) in [5.74, 6) is 2.80. The van der Waals surface area contributed by atoms with Gasteiger partial charge in [-0.3, -0.25) is 4.90 Å². The molecule has 0 spiro atoms. The lowest BCUT2D eigenvalue weighted by molar-refractivity contribution is -1.00. The maximum Gasteiger partial charge on any atom is 0.179 e. The third-order valence-electron chi connectivity index (χ3n) is 6.51. The third kappa shape index (κ3) is 8.04. The van der Waals surface area contributed by atoms with Gasteiger partial charge >= 0.3 is 0 Å². The molecule has 0 unspecified atom stereocenters. The molecular weight excluding hydrogens is 483 g/mol. The number of hydrogen-bond donors (Lipinski definition) is 2. The van der Waals surface area contributed by atoms with Crippen molar-refractivity contribution in [2.75, 3.05) is 46.5 Å². The minimum atomic E-state index is 0. The molecule has 2 N–H and O–H groups in total. The quantitative estimate of drug-likeness (QED) is 0.305. The number of hydrogen-bond acceptors (Lipinski definition) is 3. The molecular formula is C28H36Cl2N2O3. The van der Waals surface area contributed by atoms with Gasteiger partial charge in [-0.25, -0.2) is 0 Å². The van der Waals surface area contributed by atoms with Gasteiger partial charge in [0.25, 0.3) is 0 Å². The molecule has 35 heavy (non-hydrogen) atoms. The van der Waals surface area contributed by atoms with Gasteiger partial charge < -0.3 is 43.9 Å². The number of nitrogens with one attached hydrogen (secondary N) is 2. The van der Waals surface area contributed by atoms with Gasteiger partial charge in [0.05, 0.1) is 7.11 Å². The van der Waals surface area contributed by atoms with E-state index in [1.54, 1.807) is 7.11 Å². The van der Waals surface area contributed by atoms with Crippen molar-refractivity contribution in [2.45, 2.75) is 19.9 Å². The first kappa shape index (κ1) is 28.8. The van der Waals surface area contributed by atoms with Crippen molar-refractivity contribution >= 4 is 5.69 Å². The van der Waals surface area contributed by atoms with Crippen molar-refractivity contribution < 1.29 is 48.8 Å². The molecule has 1 aliphatic rings. The Kier molecular flexibility index (Phi) is 11.7. The molecule has 0 aliphatic carbocycles. The van der Waals surface area contributed by atoms with E-state index in [1.807, 2.05) is 30.3 Å². The summed E-state index contributed by atoms with van der Waals surface area (Å²) in [4.78, 5) is 3.02. The number of methoxy groups -OCH3 is 1. The fourth-order valence-corrected chi connectivity index (χ4v) is 4.43. The normalized spacial score (nSPS) is 17.1. The Hall–Kier alpha value is -2.44. The van der Waals surface area contributed by atoms with Gasteiger partial charge in [0.2, 0.25) is 0 Å². The van der Waals surface area contributed by atoms with Crippen LogP contribution in [-0.4, -0.2) is 52.5 Å². The Morgan fingerprint density at radius 2 is 1.17 bits per heavy atom. The summed E-state index contributed by atoms with van der Waals surface area (Å²) < 4.78 is 18.0. The molecule has 4 rings (SSSR count). The smallest absolute Gasteiger partial charge is 0.179 e. The van der Waals surface area contributed by atoms with Crippen molar-refractivity contribution in [1.29, 1.82) is 0 Å². The highest BCUT2D eigenvalue weighted by Gasteiger charge is 2.32. The van der Waals surface area contributed by atoms with E-state index in [1.165, 1.54) is 26.6 Å². The predicted octanol–water partition coefficient (Wildman–Crippen LogP) is -3.74. The highest BCUT2D eigenvalue weighted by Crippen LogP contribution is 2.19. The monoisotopic (exact) mass is 518 g/mol. The fourth-order valence-electron chi connectivity index (χ4n) is 4.43. The second-order valence-corrected chi connectivity index (χ2v) is 8.91. The molecule has 0 saturated carbocycles. The van der Waals surface area contributed by atoms with Crippen LogP contribution in [-0.2, 0) is 0 Å². The van der Waals surface area contributed by atoms with Gasteiger partial charge in [0, 0.05) is 6.07 Å². The average molecular weight is 520 g/mol. The fraction of sp³-hybridized carbons (Fsp3) is 0.357. The summed E-state index contributed by atoms with van der Waals surface area (Å²) >= 11 is 0. The molecule has 3 aromatic carbocycles. The third-order valence-corrected chi connectivity index (χ3v) is 6.51. The number of ether oxygens (including phenoxy) is 3. The van der Waals surface area contributed by atoms with Crippen molar-refractivity contribution in [1.82, 2.24) is 0 Å². The molecule has 7 heteroatoms. The lowest BCUT2D eigenvalue weighted by Gasteiger charge is -2.34. The van der Waals surface area contributed by atoms with E-state index in [0.717, 1.165) is 43.4 Å². The van der Waals surface area contributed by atoms with Crippen LogP contribution in [0.4, 0.5) is 5.69 Å². The molecule has 3 aromatic rings. The Morgan fingerprint density at radius 3 is 1.66 bits per heavy atom. The maximum absolute atomic E-state index is 6.20. The number of halogens is 2. The molecule has 0 bridgehead atoms. The summed E-state index contributed by atoms with van der Waals surface area (Å²) in [7, 11) is 1.75. The van der Waals surface area contributed by atoms with Crippen LogP contribution in [0.2, 0.25) is 0 Å². The highest BCUT2D eigenvalue weighted by molar-refractivity contribution is 5.45. The Balaban J connectivity index is 0.00000216. The lowest BCUT2D eigenvalue weighted by Crippen LogP contribution is -3.28. The lowest BCUT2D eigenvalue weighted by atomic mass is 10.2. The van der Waals surface area contributed by atoms with Crippen molar-refractivity contribution in [3.05, 3.63) is 83.9 Å². The summed E-state index contributed by atoms with van der Waals surface area (Å²) in [6.07, 6.45) is 0. The van der Waals surface area contributed by atoms with E-state index in [-0.39, 0.29) is 30.9 Å². The first-order chi connectivity index (χ1) is 16.1. The SMILES string of the molecule is COc1ccccc1[NH+]1CC[NH+](C(COc2ccc(C)cc2)COc2ccc(C)cc2)CC1.[Cl-].[Cl-]. The molecule has 1 heterocycles. The second-order valence-electron chi connectivity index (χ2n) is 8.91. The van der Waals surface area contributed by atoms with Crippen LogP contribution in [0.5, 0.6) is 17.2 Å². The maximum atomic E-state index is 6.20. The zero-order chi connectivity index (χ0) is 23.0.